The van der Waals surface area contributed by atoms with Gasteiger partial charge in [0.25, 0.3) is 0 Å². The van der Waals surface area contributed by atoms with Gasteiger partial charge in [-0.15, -0.1) is 0 Å². The molecule has 2 heterocycles. The summed E-state index contributed by atoms with van der Waals surface area (Å²) in [5.41, 5.74) is 0.988. The average Bonchev–Trinajstić information content (AvgIpc) is 2.61. The van der Waals surface area contributed by atoms with Gasteiger partial charge in [0.15, 0.2) is 6.10 Å². The van der Waals surface area contributed by atoms with Gasteiger partial charge in [-0.3, -0.25) is 0 Å². The van der Waals surface area contributed by atoms with Crippen molar-refractivity contribution in [1.29, 1.82) is 0 Å². The Balaban J connectivity index is 1.45. The number of piperidine rings is 1. The first kappa shape index (κ1) is 16.8. The molecule has 1 unspecified atom stereocenters. The molecule has 2 fully saturated rings. The molecule has 1 aromatic rings. The number of hydrogen-bond acceptors (Lipinski definition) is 4. The Kier molecular flexibility index (Phi) is 5.04. The highest BCUT2D eigenvalue weighted by Gasteiger charge is 2.41. The molecule has 6 nitrogen and oxygen atoms in total. The third kappa shape index (κ3) is 3.87. The van der Waals surface area contributed by atoms with Crippen molar-refractivity contribution in [2.45, 2.75) is 38.4 Å². The van der Waals surface area contributed by atoms with Gasteiger partial charge in [0.1, 0.15) is 6.61 Å². The van der Waals surface area contributed by atoms with Gasteiger partial charge in [-0.25, -0.2) is 9.59 Å². The zero-order valence-corrected chi connectivity index (χ0v) is 13.6. The van der Waals surface area contributed by atoms with Gasteiger partial charge < -0.3 is 19.5 Å². The van der Waals surface area contributed by atoms with Gasteiger partial charge in [-0.1, -0.05) is 30.3 Å². The highest BCUT2D eigenvalue weighted by molar-refractivity contribution is 5.72. The van der Waals surface area contributed by atoms with Gasteiger partial charge in [-0.2, -0.15) is 0 Å². The SMILES string of the molecule is O=C(O)C1CCC2(CCN(C(=O)OCc3ccccc3)CC2)CO1. The highest BCUT2D eigenvalue weighted by Crippen LogP contribution is 2.40. The molecule has 2 saturated heterocycles. The number of carbonyl (C=O) groups is 2. The summed E-state index contributed by atoms with van der Waals surface area (Å²) < 4.78 is 10.9. The number of amides is 1. The summed E-state index contributed by atoms with van der Waals surface area (Å²) in [5, 5.41) is 9.00. The fraction of sp³-hybridized carbons (Fsp3) is 0.556. The minimum absolute atomic E-state index is 0.0160. The van der Waals surface area contributed by atoms with E-state index in [1.54, 1.807) is 4.90 Å². The molecule has 2 aliphatic heterocycles. The molecule has 24 heavy (non-hydrogen) atoms. The predicted molar refractivity (Wildman–Crippen MR) is 86.5 cm³/mol. The van der Waals surface area contributed by atoms with Crippen molar-refractivity contribution in [3.05, 3.63) is 35.9 Å². The fourth-order valence-electron chi connectivity index (χ4n) is 3.43. The third-order valence-electron chi connectivity index (χ3n) is 5.09. The Labute approximate surface area is 141 Å². The van der Waals surface area contributed by atoms with Gasteiger partial charge in [0.05, 0.1) is 6.61 Å². The Morgan fingerprint density at radius 1 is 1.21 bits per heavy atom. The molecule has 2 aliphatic rings. The summed E-state index contributed by atoms with van der Waals surface area (Å²) in [7, 11) is 0. The highest BCUT2D eigenvalue weighted by atomic mass is 16.6. The van der Waals surface area contributed by atoms with E-state index in [4.69, 9.17) is 14.6 Å². The molecular formula is C18H23NO5. The number of benzene rings is 1. The van der Waals surface area contributed by atoms with Crippen LogP contribution in [-0.2, 0) is 20.9 Å². The minimum atomic E-state index is -0.883. The van der Waals surface area contributed by atoms with E-state index in [2.05, 4.69) is 0 Å². The Morgan fingerprint density at radius 2 is 1.92 bits per heavy atom. The summed E-state index contributed by atoms with van der Waals surface area (Å²) in [4.78, 5) is 24.9. The molecule has 130 valence electrons. The van der Waals surface area contributed by atoms with E-state index >= 15 is 0 Å². The molecule has 0 aliphatic carbocycles. The molecular weight excluding hydrogens is 310 g/mol. The van der Waals surface area contributed by atoms with Crippen molar-refractivity contribution < 1.29 is 24.2 Å². The van der Waals surface area contributed by atoms with Gasteiger partial charge in [0.2, 0.25) is 0 Å². The van der Waals surface area contributed by atoms with E-state index in [9.17, 15) is 9.59 Å². The van der Waals surface area contributed by atoms with E-state index in [-0.39, 0.29) is 18.1 Å². The van der Waals surface area contributed by atoms with Gasteiger partial charge >= 0.3 is 12.1 Å². The lowest BCUT2D eigenvalue weighted by molar-refractivity contribution is -0.161. The summed E-state index contributed by atoms with van der Waals surface area (Å²) in [6, 6.07) is 9.62. The molecule has 0 aromatic heterocycles. The normalized spacial score (nSPS) is 23.0. The maximum Gasteiger partial charge on any atom is 0.410 e. The quantitative estimate of drug-likeness (QED) is 0.920. The molecule has 0 radical (unpaired) electrons. The molecule has 1 atom stereocenters. The lowest BCUT2D eigenvalue weighted by Gasteiger charge is -2.44. The monoisotopic (exact) mass is 333 g/mol. The average molecular weight is 333 g/mol. The molecule has 0 bridgehead atoms. The van der Waals surface area contributed by atoms with Gasteiger partial charge in [0, 0.05) is 13.1 Å². The molecule has 0 saturated carbocycles. The van der Waals surface area contributed by atoms with Crippen molar-refractivity contribution in [2.75, 3.05) is 19.7 Å². The first-order valence-corrected chi connectivity index (χ1v) is 8.38. The van der Waals surface area contributed by atoms with Crippen LogP contribution < -0.4 is 0 Å². The van der Waals surface area contributed by atoms with E-state index in [1.165, 1.54) is 0 Å². The zero-order chi connectivity index (χ0) is 17.0. The number of rotatable bonds is 3. The summed E-state index contributed by atoms with van der Waals surface area (Å²) >= 11 is 0. The molecule has 1 aromatic carbocycles. The lowest BCUT2D eigenvalue weighted by Crippen LogP contribution is -2.48. The molecule has 3 rings (SSSR count). The van der Waals surface area contributed by atoms with Crippen LogP contribution in [-0.4, -0.2) is 47.9 Å². The smallest absolute Gasteiger partial charge is 0.410 e. The number of aliphatic carboxylic acids is 1. The van der Waals surface area contributed by atoms with E-state index in [0.717, 1.165) is 24.8 Å². The van der Waals surface area contributed by atoms with E-state index in [0.29, 0.717) is 26.1 Å². The lowest BCUT2D eigenvalue weighted by atomic mass is 9.73. The van der Waals surface area contributed by atoms with Gasteiger partial charge in [-0.05, 0) is 36.7 Å². The Hall–Kier alpha value is -2.08. The summed E-state index contributed by atoms with van der Waals surface area (Å²) in [6.45, 7) is 2.02. The first-order valence-electron chi connectivity index (χ1n) is 8.38. The Morgan fingerprint density at radius 3 is 2.50 bits per heavy atom. The number of likely N-dealkylation sites (tertiary alicyclic amines) is 1. The van der Waals surface area contributed by atoms with Crippen molar-refractivity contribution in [3.8, 4) is 0 Å². The second kappa shape index (κ2) is 7.21. The number of carboxylic acid groups (broad SMARTS) is 1. The second-order valence-corrected chi connectivity index (χ2v) is 6.70. The molecule has 1 N–H and O–H groups in total. The first-order chi connectivity index (χ1) is 11.6. The maximum absolute atomic E-state index is 12.2. The fourth-order valence-corrected chi connectivity index (χ4v) is 3.43. The van der Waals surface area contributed by atoms with Crippen LogP contribution in [0.3, 0.4) is 0 Å². The van der Waals surface area contributed by atoms with E-state index < -0.39 is 12.1 Å². The largest absolute Gasteiger partial charge is 0.479 e. The van der Waals surface area contributed by atoms with Crippen LogP contribution >= 0.6 is 0 Å². The van der Waals surface area contributed by atoms with Crippen LogP contribution in [0, 0.1) is 5.41 Å². The van der Waals surface area contributed by atoms with Crippen LogP contribution in [0.4, 0.5) is 4.79 Å². The number of nitrogens with zero attached hydrogens (tertiary/aromatic N) is 1. The third-order valence-corrected chi connectivity index (χ3v) is 5.09. The van der Waals surface area contributed by atoms with E-state index in [1.807, 2.05) is 30.3 Å². The zero-order valence-electron chi connectivity index (χ0n) is 13.6. The Bertz CT molecular complexity index is 570. The predicted octanol–water partition coefficient (Wildman–Crippen LogP) is 2.67. The van der Waals surface area contributed by atoms with Crippen LogP contribution in [0.25, 0.3) is 0 Å². The van der Waals surface area contributed by atoms with Crippen molar-refractivity contribution in [1.82, 2.24) is 4.90 Å². The molecule has 6 heteroatoms. The number of hydrogen-bond donors (Lipinski definition) is 1. The van der Waals surface area contributed by atoms with Crippen LogP contribution in [0.15, 0.2) is 30.3 Å². The second-order valence-electron chi connectivity index (χ2n) is 6.70. The van der Waals surface area contributed by atoms with Crippen molar-refractivity contribution in [2.24, 2.45) is 5.41 Å². The number of carbonyl (C=O) groups excluding carboxylic acids is 1. The van der Waals surface area contributed by atoms with Crippen LogP contribution in [0.5, 0.6) is 0 Å². The number of ether oxygens (including phenoxy) is 2. The topological polar surface area (TPSA) is 76.1 Å². The van der Waals surface area contributed by atoms with Crippen LogP contribution in [0.2, 0.25) is 0 Å². The summed E-state index contributed by atoms with van der Waals surface area (Å²) in [5.74, 6) is -0.883. The van der Waals surface area contributed by atoms with Crippen molar-refractivity contribution in [3.63, 3.8) is 0 Å². The standard InChI is InChI=1S/C18H23NO5/c20-16(21)15-6-7-18(13-24-15)8-10-19(11-9-18)17(22)23-12-14-4-2-1-3-5-14/h1-5,15H,6-13H2,(H,20,21). The molecule has 1 amide bonds. The molecule has 1 spiro atoms. The minimum Gasteiger partial charge on any atom is -0.479 e. The van der Waals surface area contributed by atoms with Crippen molar-refractivity contribution >= 4 is 12.1 Å². The maximum atomic E-state index is 12.2. The summed E-state index contributed by atoms with van der Waals surface area (Å²) in [6.07, 6.45) is 2.10. The van der Waals surface area contributed by atoms with Crippen LogP contribution in [0.1, 0.15) is 31.2 Å². The number of carboxylic acids is 1.